The molecular weight excluding hydrogens is 227 g/mol. The van der Waals surface area contributed by atoms with Gasteiger partial charge in [0, 0.05) is 6.26 Å². The second-order valence-electron chi connectivity index (χ2n) is 2.42. The van der Waals surface area contributed by atoms with Crippen molar-refractivity contribution in [2.45, 2.75) is 0 Å². The normalized spacial score (nSPS) is 8.87. The van der Waals surface area contributed by atoms with Gasteiger partial charge in [0.1, 0.15) is 0 Å². The number of benzene rings is 1. The predicted octanol–water partition coefficient (Wildman–Crippen LogP) is -1.06. The number of carboxylic acid groups (broad SMARTS) is 1. The number of hydrogen-bond donors (Lipinski definition) is 1. The average molecular weight is 236 g/mol. The Labute approximate surface area is 115 Å². The summed E-state index contributed by atoms with van der Waals surface area (Å²) in [6.07, 6.45) is 1.61. The van der Waals surface area contributed by atoms with Gasteiger partial charge in [0.05, 0.1) is 23.2 Å². The van der Waals surface area contributed by atoms with E-state index in [-0.39, 0.29) is 42.1 Å². The Bertz CT molecular complexity index is 372. The smallest absolute Gasteiger partial charge is 1.00 e. The molecule has 0 bridgehead atoms. The quantitative estimate of drug-likeness (QED) is 0.535. The van der Waals surface area contributed by atoms with E-state index in [0.29, 0.717) is 0 Å². The van der Waals surface area contributed by atoms with Crippen LogP contribution in [0.5, 0.6) is 0 Å². The van der Waals surface area contributed by atoms with Crippen LogP contribution in [0.4, 0.5) is 0 Å². The summed E-state index contributed by atoms with van der Waals surface area (Å²) in [6.45, 7) is 0. The summed E-state index contributed by atoms with van der Waals surface area (Å²) in [7, 11) is 0. The first-order chi connectivity index (χ1) is 6.65. The molecule has 0 saturated carbocycles. The molecule has 1 aromatic carbocycles. The third kappa shape index (κ3) is 4.25. The van der Waals surface area contributed by atoms with Crippen molar-refractivity contribution in [1.29, 1.82) is 0 Å². The molecule has 15 heavy (non-hydrogen) atoms. The molecule has 1 N–H and O–H groups in total. The van der Waals surface area contributed by atoms with Crippen LogP contribution in [0, 0.1) is 0 Å². The van der Waals surface area contributed by atoms with Gasteiger partial charge < -0.3 is 10.7 Å². The van der Waals surface area contributed by atoms with E-state index in [1.807, 2.05) is 0 Å². The fourth-order valence-corrected chi connectivity index (χ4v) is 1.15. The summed E-state index contributed by atoms with van der Waals surface area (Å²) in [5.41, 5.74) is 0.305. The summed E-state index contributed by atoms with van der Waals surface area (Å²) < 4.78 is 4.65. The molecule has 0 saturated heterocycles. The monoisotopic (exact) mass is 236 g/mol. The maximum Gasteiger partial charge on any atom is 1.00 e. The van der Waals surface area contributed by atoms with Gasteiger partial charge in [0.25, 0.3) is 0 Å². The fraction of sp³-hybridized carbons (Fsp3) is 0.111. The van der Waals surface area contributed by atoms with Gasteiger partial charge in [0.2, 0.25) is 0 Å². The SMILES string of the molecule is CSOC(=O)c1cccc(C(=O)O)c1.[H-].[Na+]. The maximum atomic E-state index is 11.2. The molecule has 76 valence electrons. The van der Waals surface area contributed by atoms with Crippen LogP contribution in [-0.2, 0) is 4.18 Å². The Balaban J connectivity index is 0. The largest absolute Gasteiger partial charge is 1.00 e. The van der Waals surface area contributed by atoms with Crippen molar-refractivity contribution in [3.8, 4) is 0 Å². The standard InChI is InChI=1S/C9H8O4S.Na.H/c1-14-13-9(12)7-4-2-3-6(5-7)8(10)11;;/h2-5H,1H3,(H,10,11);;/q;+1;-1. The minimum Gasteiger partial charge on any atom is -1.00 e. The van der Waals surface area contributed by atoms with Crippen LogP contribution >= 0.6 is 12.0 Å². The van der Waals surface area contributed by atoms with E-state index >= 15 is 0 Å². The van der Waals surface area contributed by atoms with Crippen molar-refractivity contribution >= 4 is 24.0 Å². The molecule has 0 unspecified atom stereocenters. The average Bonchev–Trinajstić information content (AvgIpc) is 2.18. The van der Waals surface area contributed by atoms with Crippen molar-refractivity contribution in [3.05, 3.63) is 35.4 Å². The first kappa shape index (κ1) is 14.5. The zero-order valence-electron chi connectivity index (χ0n) is 9.39. The van der Waals surface area contributed by atoms with Crippen molar-refractivity contribution < 1.29 is 49.9 Å². The summed E-state index contributed by atoms with van der Waals surface area (Å²) in [4.78, 5) is 21.8. The summed E-state index contributed by atoms with van der Waals surface area (Å²) in [5.74, 6) is -1.61. The molecule has 0 aliphatic carbocycles. The van der Waals surface area contributed by atoms with E-state index in [0.717, 1.165) is 12.0 Å². The third-order valence-corrected chi connectivity index (χ3v) is 1.82. The number of carboxylic acids is 1. The van der Waals surface area contributed by atoms with E-state index in [1.54, 1.807) is 6.26 Å². The molecule has 0 aromatic heterocycles. The molecule has 0 fully saturated rings. The van der Waals surface area contributed by atoms with Crippen LogP contribution in [-0.4, -0.2) is 23.3 Å². The molecule has 0 atom stereocenters. The van der Waals surface area contributed by atoms with Crippen LogP contribution in [0.3, 0.4) is 0 Å². The van der Waals surface area contributed by atoms with Crippen LogP contribution in [0.25, 0.3) is 0 Å². The zero-order chi connectivity index (χ0) is 10.6. The van der Waals surface area contributed by atoms with Crippen LogP contribution in [0.15, 0.2) is 24.3 Å². The van der Waals surface area contributed by atoms with Crippen molar-refractivity contribution in [3.63, 3.8) is 0 Å². The minimum absolute atomic E-state index is 0. The molecule has 6 heteroatoms. The second kappa shape index (κ2) is 6.90. The van der Waals surface area contributed by atoms with E-state index in [2.05, 4.69) is 4.18 Å². The van der Waals surface area contributed by atoms with Crippen molar-refractivity contribution in [2.24, 2.45) is 0 Å². The van der Waals surface area contributed by atoms with Gasteiger partial charge in [-0.25, -0.2) is 9.59 Å². The summed E-state index contributed by atoms with van der Waals surface area (Å²) >= 11 is 0.922. The Morgan fingerprint density at radius 2 is 2.00 bits per heavy atom. The van der Waals surface area contributed by atoms with Gasteiger partial charge in [-0.1, -0.05) is 6.07 Å². The number of rotatable bonds is 3. The van der Waals surface area contributed by atoms with Gasteiger partial charge in [-0.2, -0.15) is 0 Å². The molecule has 0 aliphatic rings. The molecule has 0 amide bonds. The number of aromatic carboxylic acids is 1. The van der Waals surface area contributed by atoms with Gasteiger partial charge >= 0.3 is 41.5 Å². The first-order valence-corrected chi connectivity index (χ1v) is 4.88. The Morgan fingerprint density at radius 1 is 1.40 bits per heavy atom. The first-order valence-electron chi connectivity index (χ1n) is 3.73. The predicted molar refractivity (Wildman–Crippen MR) is 53.4 cm³/mol. The van der Waals surface area contributed by atoms with Gasteiger partial charge in [0.15, 0.2) is 0 Å². The Hall–Kier alpha value is -0.490. The Morgan fingerprint density at radius 3 is 2.53 bits per heavy atom. The third-order valence-electron chi connectivity index (χ3n) is 1.50. The van der Waals surface area contributed by atoms with Crippen LogP contribution < -0.4 is 29.6 Å². The van der Waals surface area contributed by atoms with Crippen molar-refractivity contribution in [2.75, 3.05) is 6.26 Å². The molecule has 4 nitrogen and oxygen atoms in total. The van der Waals surface area contributed by atoms with E-state index < -0.39 is 11.9 Å². The van der Waals surface area contributed by atoms with Gasteiger partial charge in [-0.3, -0.25) is 0 Å². The topological polar surface area (TPSA) is 63.6 Å². The number of hydrogen-bond acceptors (Lipinski definition) is 4. The Kier molecular flexibility index (Phi) is 6.67. The summed E-state index contributed by atoms with van der Waals surface area (Å²) in [5, 5.41) is 8.66. The van der Waals surface area contributed by atoms with Crippen LogP contribution in [0.2, 0.25) is 0 Å². The molecular formula is C9H9NaO4S. The number of carbonyl (C=O) groups is 2. The van der Waals surface area contributed by atoms with E-state index in [9.17, 15) is 9.59 Å². The molecule has 0 aliphatic heterocycles. The minimum atomic E-state index is -1.07. The second-order valence-corrected chi connectivity index (χ2v) is 2.92. The van der Waals surface area contributed by atoms with Gasteiger partial charge in [-0.05, 0) is 18.2 Å². The molecule has 0 radical (unpaired) electrons. The van der Waals surface area contributed by atoms with E-state index in [1.165, 1.54) is 24.3 Å². The van der Waals surface area contributed by atoms with Crippen molar-refractivity contribution in [1.82, 2.24) is 0 Å². The molecule has 1 aromatic rings. The molecule has 1 rings (SSSR count). The van der Waals surface area contributed by atoms with Gasteiger partial charge in [-0.15, -0.1) is 0 Å². The molecule has 0 spiro atoms. The molecule has 0 heterocycles. The maximum absolute atomic E-state index is 11.2. The fourth-order valence-electron chi connectivity index (χ4n) is 0.903. The van der Waals surface area contributed by atoms with Crippen LogP contribution in [0.1, 0.15) is 22.1 Å². The van der Waals surface area contributed by atoms with E-state index in [4.69, 9.17) is 5.11 Å². The number of carbonyl (C=O) groups excluding carboxylic acids is 1. The zero-order valence-corrected chi connectivity index (χ0v) is 11.2. The summed E-state index contributed by atoms with van der Waals surface area (Å²) in [6, 6.07) is 5.70.